The van der Waals surface area contributed by atoms with E-state index in [-0.39, 0.29) is 11.9 Å². The number of hydrogen-bond donors (Lipinski definition) is 0. The van der Waals surface area contributed by atoms with E-state index < -0.39 is 0 Å². The molecule has 0 radical (unpaired) electrons. The Morgan fingerprint density at radius 3 is 2.61 bits per heavy atom. The smallest absolute Gasteiger partial charge is 0.308 e. The summed E-state index contributed by atoms with van der Waals surface area (Å²) in [6.07, 6.45) is 3.15. The maximum atomic E-state index is 11.6. The van der Waals surface area contributed by atoms with E-state index in [9.17, 15) is 4.79 Å². The second-order valence-electron chi connectivity index (χ2n) is 6.85. The summed E-state index contributed by atoms with van der Waals surface area (Å²) in [6, 6.07) is 6.61. The van der Waals surface area contributed by atoms with E-state index in [4.69, 9.17) is 9.47 Å². The molecule has 1 aromatic rings. The molecule has 1 saturated carbocycles. The van der Waals surface area contributed by atoms with Gasteiger partial charge < -0.3 is 9.47 Å². The van der Waals surface area contributed by atoms with Crippen molar-refractivity contribution in [3.63, 3.8) is 0 Å². The van der Waals surface area contributed by atoms with Gasteiger partial charge in [0.2, 0.25) is 0 Å². The molecule has 128 valence electrons. The van der Waals surface area contributed by atoms with Crippen molar-refractivity contribution in [1.82, 2.24) is 0 Å². The molecule has 23 heavy (non-hydrogen) atoms. The summed E-state index contributed by atoms with van der Waals surface area (Å²) in [4.78, 5) is 11.6. The van der Waals surface area contributed by atoms with Gasteiger partial charge in [0.05, 0.1) is 19.6 Å². The van der Waals surface area contributed by atoms with E-state index in [1.165, 1.54) is 18.2 Å². The van der Waals surface area contributed by atoms with Crippen LogP contribution in [0.25, 0.3) is 0 Å². The predicted molar refractivity (Wildman–Crippen MR) is 93.0 cm³/mol. The molecule has 3 atom stereocenters. The molecule has 3 heteroatoms. The quantitative estimate of drug-likeness (QED) is 0.639. The number of esters is 1. The van der Waals surface area contributed by atoms with Gasteiger partial charge in [-0.1, -0.05) is 32.9 Å². The molecule has 1 aliphatic carbocycles. The third-order valence-corrected chi connectivity index (χ3v) is 4.93. The molecule has 0 bridgehead atoms. The van der Waals surface area contributed by atoms with Crippen molar-refractivity contribution in [3.8, 4) is 5.75 Å². The normalized spacial score (nSPS) is 21.1. The third kappa shape index (κ3) is 4.27. The van der Waals surface area contributed by atoms with E-state index in [0.29, 0.717) is 24.4 Å². The first-order chi connectivity index (χ1) is 11.0. The lowest BCUT2D eigenvalue weighted by atomic mass is 9.88. The minimum atomic E-state index is -0.0422. The molecule has 0 saturated heterocycles. The molecule has 3 nitrogen and oxygen atoms in total. The van der Waals surface area contributed by atoms with Crippen LogP contribution in [0.5, 0.6) is 5.75 Å². The number of ether oxygens (including phenoxy) is 2. The second kappa shape index (κ2) is 7.85. The average molecular weight is 318 g/mol. The molecule has 0 N–H and O–H groups in total. The summed E-state index contributed by atoms with van der Waals surface area (Å²) in [6.45, 7) is 9.35. The Kier molecular flexibility index (Phi) is 6.09. The van der Waals surface area contributed by atoms with Crippen molar-refractivity contribution in [2.24, 2.45) is 11.8 Å². The average Bonchev–Trinajstić information content (AvgIpc) is 3.31. The van der Waals surface area contributed by atoms with Crippen LogP contribution < -0.4 is 4.74 Å². The largest absolute Gasteiger partial charge is 0.494 e. The van der Waals surface area contributed by atoms with Crippen molar-refractivity contribution in [2.45, 2.75) is 58.8 Å². The summed E-state index contributed by atoms with van der Waals surface area (Å²) in [7, 11) is 1.48. The van der Waals surface area contributed by atoms with Gasteiger partial charge in [0.15, 0.2) is 0 Å². The van der Waals surface area contributed by atoms with Crippen molar-refractivity contribution in [3.05, 3.63) is 29.3 Å². The first-order valence-corrected chi connectivity index (χ1v) is 8.86. The lowest BCUT2D eigenvalue weighted by Crippen LogP contribution is -2.07. The number of carbonyl (C=O) groups excluding carboxylic acids is 1. The fourth-order valence-corrected chi connectivity index (χ4v) is 3.41. The van der Waals surface area contributed by atoms with Crippen LogP contribution in [0.4, 0.5) is 0 Å². The Morgan fingerprint density at radius 2 is 2.04 bits per heavy atom. The van der Waals surface area contributed by atoms with Gasteiger partial charge in [0, 0.05) is 0 Å². The highest BCUT2D eigenvalue weighted by Crippen LogP contribution is 2.47. The molecule has 0 heterocycles. The highest BCUT2D eigenvalue weighted by molar-refractivity contribution is 5.75. The number of methoxy groups -OCH3 is 1. The summed E-state index contributed by atoms with van der Waals surface area (Å²) >= 11 is 0. The Balaban J connectivity index is 2.12. The Hall–Kier alpha value is -1.51. The van der Waals surface area contributed by atoms with Crippen LogP contribution in [0.3, 0.4) is 0 Å². The zero-order chi connectivity index (χ0) is 17.0. The maximum Gasteiger partial charge on any atom is 0.308 e. The summed E-state index contributed by atoms with van der Waals surface area (Å²) in [5, 5.41) is 0. The number of rotatable bonds is 8. The molecule has 2 rings (SSSR count). The summed E-state index contributed by atoms with van der Waals surface area (Å²) in [5.74, 6) is 2.52. The number of carbonyl (C=O) groups is 1. The van der Waals surface area contributed by atoms with Gasteiger partial charge in [0.1, 0.15) is 5.75 Å². The van der Waals surface area contributed by atoms with E-state index in [1.807, 2.05) is 6.92 Å². The van der Waals surface area contributed by atoms with Gasteiger partial charge in [-0.05, 0) is 61.1 Å². The number of benzene rings is 1. The van der Waals surface area contributed by atoms with E-state index >= 15 is 0 Å². The zero-order valence-electron chi connectivity index (χ0n) is 15.1. The fourth-order valence-electron chi connectivity index (χ4n) is 3.41. The summed E-state index contributed by atoms with van der Waals surface area (Å²) < 4.78 is 10.6. The van der Waals surface area contributed by atoms with E-state index in [1.54, 1.807) is 0 Å². The molecule has 1 fully saturated rings. The molecule has 0 aromatic heterocycles. The molecular formula is C20H30O3. The molecular weight excluding hydrogens is 288 g/mol. The van der Waals surface area contributed by atoms with Crippen LogP contribution in [-0.2, 0) is 9.53 Å². The van der Waals surface area contributed by atoms with Crippen LogP contribution in [0.15, 0.2) is 18.2 Å². The van der Waals surface area contributed by atoms with Crippen molar-refractivity contribution < 1.29 is 14.3 Å². The van der Waals surface area contributed by atoms with Crippen LogP contribution in [0.2, 0.25) is 0 Å². The Labute approximate surface area is 140 Å². The SMILES string of the molecule is CCOc1ccc(C(CC)CC2CC2C(=O)OC)cc1C(C)C. The maximum absolute atomic E-state index is 11.6. The van der Waals surface area contributed by atoms with Crippen LogP contribution >= 0.6 is 0 Å². The fraction of sp³-hybridized carbons (Fsp3) is 0.650. The summed E-state index contributed by atoms with van der Waals surface area (Å²) in [5.41, 5.74) is 2.65. The molecule has 1 aliphatic rings. The second-order valence-corrected chi connectivity index (χ2v) is 6.85. The van der Waals surface area contributed by atoms with Crippen molar-refractivity contribution >= 4 is 5.97 Å². The van der Waals surface area contributed by atoms with Crippen LogP contribution in [0, 0.1) is 11.8 Å². The lowest BCUT2D eigenvalue weighted by molar-refractivity contribution is -0.142. The van der Waals surface area contributed by atoms with Gasteiger partial charge in [-0.15, -0.1) is 0 Å². The van der Waals surface area contributed by atoms with Crippen molar-refractivity contribution in [1.29, 1.82) is 0 Å². The third-order valence-electron chi connectivity index (χ3n) is 4.93. The first-order valence-electron chi connectivity index (χ1n) is 8.86. The minimum Gasteiger partial charge on any atom is -0.494 e. The zero-order valence-corrected chi connectivity index (χ0v) is 15.1. The molecule has 0 spiro atoms. The van der Waals surface area contributed by atoms with Crippen LogP contribution in [-0.4, -0.2) is 19.7 Å². The Morgan fingerprint density at radius 1 is 1.30 bits per heavy atom. The molecule has 1 aromatic carbocycles. The molecule has 0 aliphatic heterocycles. The van der Waals surface area contributed by atoms with Gasteiger partial charge in [0.25, 0.3) is 0 Å². The highest BCUT2D eigenvalue weighted by Gasteiger charge is 2.44. The topological polar surface area (TPSA) is 35.5 Å². The van der Waals surface area contributed by atoms with E-state index in [2.05, 4.69) is 39.0 Å². The van der Waals surface area contributed by atoms with Crippen LogP contribution in [0.1, 0.15) is 69.9 Å². The Bertz CT molecular complexity index is 536. The molecule has 3 unspecified atom stereocenters. The monoisotopic (exact) mass is 318 g/mol. The van der Waals surface area contributed by atoms with Crippen molar-refractivity contribution in [2.75, 3.05) is 13.7 Å². The lowest BCUT2D eigenvalue weighted by Gasteiger charge is -2.20. The molecule has 0 amide bonds. The predicted octanol–water partition coefficient (Wildman–Crippen LogP) is 4.90. The van der Waals surface area contributed by atoms with Gasteiger partial charge in [-0.2, -0.15) is 0 Å². The number of hydrogen-bond acceptors (Lipinski definition) is 3. The highest BCUT2D eigenvalue weighted by atomic mass is 16.5. The standard InChI is InChI=1S/C20H30O3/c1-6-14(10-16-12-18(16)20(21)22-5)15-8-9-19(23-7-2)17(11-15)13(3)4/h8-9,11,13-14,16,18H,6-7,10,12H2,1-5H3. The van der Waals surface area contributed by atoms with Gasteiger partial charge in [-0.25, -0.2) is 0 Å². The van der Waals surface area contributed by atoms with Gasteiger partial charge >= 0.3 is 5.97 Å². The van der Waals surface area contributed by atoms with Gasteiger partial charge in [-0.3, -0.25) is 4.79 Å². The first kappa shape index (κ1) is 17.8. The van der Waals surface area contributed by atoms with E-state index in [0.717, 1.165) is 25.0 Å². The minimum absolute atomic E-state index is 0.0422.